The molecule has 0 bridgehead atoms. The van der Waals surface area contributed by atoms with Gasteiger partial charge in [-0.3, -0.25) is 4.79 Å². The number of rotatable bonds is 5. The third-order valence-electron chi connectivity index (χ3n) is 5.74. The molecular formula is C27H28N4O. The second kappa shape index (κ2) is 8.71. The third-order valence-corrected chi connectivity index (χ3v) is 5.74. The summed E-state index contributed by atoms with van der Waals surface area (Å²) in [5, 5.41) is 4.23. The zero-order chi connectivity index (χ0) is 22.8. The van der Waals surface area contributed by atoms with Gasteiger partial charge in [-0.05, 0) is 88.7 Å². The number of hydrogen-bond acceptors (Lipinski definition) is 2. The molecule has 4 aromatic rings. The van der Waals surface area contributed by atoms with Gasteiger partial charge in [-0.2, -0.15) is 5.10 Å². The van der Waals surface area contributed by atoms with E-state index in [0.29, 0.717) is 5.56 Å². The molecule has 1 amide bonds. The summed E-state index contributed by atoms with van der Waals surface area (Å²) >= 11 is 0. The zero-order valence-electron chi connectivity index (χ0n) is 19.2. The maximum atomic E-state index is 12.7. The number of amides is 1. The van der Waals surface area contributed by atoms with Crippen molar-refractivity contribution in [2.75, 3.05) is 0 Å². The number of benzene rings is 2. The minimum absolute atomic E-state index is 0.238. The molecule has 4 rings (SSSR count). The second-order valence-corrected chi connectivity index (χ2v) is 8.20. The van der Waals surface area contributed by atoms with E-state index in [2.05, 4.69) is 96.7 Å². The van der Waals surface area contributed by atoms with Crippen molar-refractivity contribution < 1.29 is 4.79 Å². The number of nitrogens with one attached hydrogen (secondary N) is 1. The van der Waals surface area contributed by atoms with Gasteiger partial charge in [-0.25, -0.2) is 5.43 Å². The van der Waals surface area contributed by atoms with Gasteiger partial charge in [0.15, 0.2) is 0 Å². The minimum atomic E-state index is -0.238. The Morgan fingerprint density at radius 1 is 0.781 bits per heavy atom. The van der Waals surface area contributed by atoms with Gasteiger partial charge < -0.3 is 9.13 Å². The number of carbonyl (C=O) groups excluding carboxylic acids is 1. The summed E-state index contributed by atoms with van der Waals surface area (Å²) in [5.74, 6) is -0.238. The summed E-state index contributed by atoms with van der Waals surface area (Å²) in [4.78, 5) is 12.7. The van der Waals surface area contributed by atoms with Gasteiger partial charge >= 0.3 is 0 Å². The molecule has 0 radical (unpaired) electrons. The molecule has 0 fully saturated rings. The van der Waals surface area contributed by atoms with E-state index in [1.807, 2.05) is 18.2 Å². The van der Waals surface area contributed by atoms with Gasteiger partial charge in [0.1, 0.15) is 0 Å². The van der Waals surface area contributed by atoms with Crippen LogP contribution in [0.1, 0.15) is 44.3 Å². The van der Waals surface area contributed by atoms with Crippen LogP contribution in [0.5, 0.6) is 0 Å². The molecular weight excluding hydrogens is 396 g/mol. The van der Waals surface area contributed by atoms with Crippen molar-refractivity contribution in [1.29, 1.82) is 0 Å². The molecule has 0 aliphatic heterocycles. The maximum absolute atomic E-state index is 12.7. The van der Waals surface area contributed by atoms with Gasteiger partial charge in [0.2, 0.25) is 0 Å². The summed E-state index contributed by atoms with van der Waals surface area (Å²) in [6, 6.07) is 22.2. The Balaban J connectivity index is 1.52. The van der Waals surface area contributed by atoms with Crippen LogP contribution in [-0.4, -0.2) is 21.3 Å². The highest BCUT2D eigenvalue weighted by Gasteiger charge is 2.11. The highest BCUT2D eigenvalue weighted by Crippen LogP contribution is 2.21. The molecule has 0 unspecified atom stereocenters. The molecule has 1 N–H and O–H groups in total. The Labute approximate surface area is 189 Å². The zero-order valence-corrected chi connectivity index (χ0v) is 19.2. The van der Waals surface area contributed by atoms with Crippen molar-refractivity contribution in [2.24, 2.45) is 5.10 Å². The van der Waals surface area contributed by atoms with Crippen molar-refractivity contribution in [3.8, 4) is 11.4 Å². The molecule has 5 nitrogen and oxygen atoms in total. The Hall–Kier alpha value is -3.86. The Kier molecular flexibility index (Phi) is 5.82. The normalized spacial score (nSPS) is 11.3. The van der Waals surface area contributed by atoms with Crippen LogP contribution in [0.15, 0.2) is 71.8 Å². The largest absolute Gasteiger partial charge is 0.318 e. The summed E-state index contributed by atoms with van der Waals surface area (Å²) in [6.45, 7) is 10.3. The van der Waals surface area contributed by atoms with Crippen LogP contribution in [0.25, 0.3) is 11.4 Å². The molecule has 5 heteroatoms. The van der Waals surface area contributed by atoms with Gasteiger partial charge in [0.05, 0.1) is 6.21 Å². The number of aryl methyl sites for hydroxylation is 4. The SMILES string of the molecule is Cc1cccc(-n2c(C)cc(/C=N\NC(=O)c3cccc(-n4c(C)ccc4C)c3)c2C)c1. The number of nitrogens with zero attached hydrogens (tertiary/aromatic N) is 3. The smallest absolute Gasteiger partial charge is 0.271 e. The van der Waals surface area contributed by atoms with Crippen LogP contribution in [-0.2, 0) is 0 Å². The fourth-order valence-corrected chi connectivity index (χ4v) is 4.17. The first-order valence-electron chi connectivity index (χ1n) is 10.7. The van der Waals surface area contributed by atoms with Crippen molar-refractivity contribution >= 4 is 12.1 Å². The topological polar surface area (TPSA) is 51.3 Å². The summed E-state index contributed by atoms with van der Waals surface area (Å²) in [7, 11) is 0. The van der Waals surface area contributed by atoms with Crippen LogP contribution in [0.2, 0.25) is 0 Å². The average molecular weight is 425 g/mol. The van der Waals surface area contributed by atoms with Crippen molar-refractivity contribution in [2.45, 2.75) is 34.6 Å². The molecule has 0 saturated heterocycles. The molecule has 32 heavy (non-hydrogen) atoms. The van der Waals surface area contributed by atoms with Crippen LogP contribution in [0.4, 0.5) is 0 Å². The average Bonchev–Trinajstić information content (AvgIpc) is 3.25. The standard InChI is InChI=1S/C27H28N4O/c1-18-8-6-10-25(14-18)31-21(4)15-24(22(31)5)17-28-29-27(32)23-9-7-11-26(16-23)30-19(2)12-13-20(30)3/h6-17H,1-5H3,(H,29,32)/b28-17-. The predicted octanol–water partition coefficient (Wildman–Crippen LogP) is 5.57. The van der Waals surface area contributed by atoms with E-state index in [1.54, 1.807) is 12.3 Å². The number of carbonyl (C=O) groups is 1. The minimum Gasteiger partial charge on any atom is -0.318 e. The number of aromatic nitrogens is 2. The number of hydrogen-bond donors (Lipinski definition) is 1. The van der Waals surface area contributed by atoms with E-state index < -0.39 is 0 Å². The molecule has 2 aromatic carbocycles. The first-order valence-corrected chi connectivity index (χ1v) is 10.7. The molecule has 0 spiro atoms. The summed E-state index contributed by atoms with van der Waals surface area (Å²) in [6.07, 6.45) is 1.70. The van der Waals surface area contributed by atoms with Crippen molar-refractivity contribution in [3.05, 3.63) is 106 Å². The Morgan fingerprint density at radius 3 is 2.12 bits per heavy atom. The van der Waals surface area contributed by atoms with Gasteiger partial charge in [0, 0.05) is 45.3 Å². The maximum Gasteiger partial charge on any atom is 0.271 e. The van der Waals surface area contributed by atoms with E-state index >= 15 is 0 Å². The highest BCUT2D eigenvalue weighted by molar-refractivity contribution is 5.95. The molecule has 162 valence electrons. The monoisotopic (exact) mass is 424 g/mol. The first kappa shape index (κ1) is 21.4. The van der Waals surface area contributed by atoms with E-state index in [0.717, 1.165) is 39.7 Å². The van der Waals surface area contributed by atoms with Crippen LogP contribution >= 0.6 is 0 Å². The molecule has 0 atom stereocenters. The third kappa shape index (κ3) is 4.14. The van der Waals surface area contributed by atoms with Crippen molar-refractivity contribution in [3.63, 3.8) is 0 Å². The van der Waals surface area contributed by atoms with E-state index in [9.17, 15) is 4.79 Å². The Morgan fingerprint density at radius 2 is 1.44 bits per heavy atom. The highest BCUT2D eigenvalue weighted by atomic mass is 16.2. The molecule has 0 aliphatic carbocycles. The van der Waals surface area contributed by atoms with E-state index in [-0.39, 0.29) is 5.91 Å². The van der Waals surface area contributed by atoms with Crippen LogP contribution in [0.3, 0.4) is 0 Å². The molecule has 2 aromatic heterocycles. The van der Waals surface area contributed by atoms with E-state index in [1.165, 1.54) is 5.56 Å². The fourth-order valence-electron chi connectivity index (χ4n) is 4.17. The van der Waals surface area contributed by atoms with Crippen LogP contribution < -0.4 is 5.43 Å². The van der Waals surface area contributed by atoms with Crippen molar-refractivity contribution in [1.82, 2.24) is 14.6 Å². The molecule has 2 heterocycles. The molecule has 0 saturated carbocycles. The molecule has 0 aliphatic rings. The lowest BCUT2D eigenvalue weighted by molar-refractivity contribution is 0.0955. The first-order chi connectivity index (χ1) is 15.3. The lowest BCUT2D eigenvalue weighted by Crippen LogP contribution is -2.18. The lowest BCUT2D eigenvalue weighted by Gasteiger charge is -2.10. The van der Waals surface area contributed by atoms with Gasteiger partial charge in [-0.1, -0.05) is 18.2 Å². The Bertz CT molecular complexity index is 1300. The lowest BCUT2D eigenvalue weighted by atomic mass is 10.2. The second-order valence-electron chi connectivity index (χ2n) is 8.20. The predicted molar refractivity (Wildman–Crippen MR) is 130 cm³/mol. The fraction of sp³-hybridized carbons (Fsp3) is 0.185. The van der Waals surface area contributed by atoms with Gasteiger partial charge in [-0.15, -0.1) is 0 Å². The quantitative estimate of drug-likeness (QED) is 0.330. The summed E-state index contributed by atoms with van der Waals surface area (Å²) < 4.78 is 4.32. The van der Waals surface area contributed by atoms with Crippen LogP contribution in [0, 0.1) is 34.6 Å². The van der Waals surface area contributed by atoms with E-state index in [4.69, 9.17) is 0 Å². The number of hydrazone groups is 1. The van der Waals surface area contributed by atoms with Gasteiger partial charge in [0.25, 0.3) is 5.91 Å². The summed E-state index contributed by atoms with van der Waals surface area (Å²) in [5.41, 5.74) is 11.9.